The van der Waals surface area contributed by atoms with E-state index in [2.05, 4.69) is 5.32 Å². The first-order valence-corrected chi connectivity index (χ1v) is 6.92. The second-order valence-electron chi connectivity index (χ2n) is 4.87. The molecule has 1 fully saturated rings. The van der Waals surface area contributed by atoms with E-state index < -0.39 is 5.97 Å². The summed E-state index contributed by atoms with van der Waals surface area (Å²) >= 11 is 11.7. The van der Waals surface area contributed by atoms with Gasteiger partial charge in [-0.15, -0.1) is 0 Å². The van der Waals surface area contributed by atoms with E-state index in [0.717, 1.165) is 12.8 Å². The van der Waals surface area contributed by atoms with E-state index >= 15 is 0 Å². The molecule has 1 aromatic carbocycles. The number of carboxylic acids is 1. The maximum Gasteiger partial charge on any atom is 0.337 e. The molecule has 1 aromatic rings. The van der Waals surface area contributed by atoms with Crippen LogP contribution in [0.1, 0.15) is 29.6 Å². The third-order valence-electron chi connectivity index (χ3n) is 3.20. The molecule has 1 atom stereocenters. The maximum atomic E-state index is 11.9. The number of nitrogens with one attached hydrogen (secondary N) is 1. The Balaban J connectivity index is 2.15. The molecule has 1 aliphatic carbocycles. The minimum Gasteiger partial charge on any atom is -0.478 e. The lowest BCUT2D eigenvalue weighted by Crippen LogP contribution is -2.29. The topological polar surface area (TPSA) is 92.4 Å². The first-order valence-electron chi connectivity index (χ1n) is 6.16. The molecule has 1 saturated carbocycles. The first-order chi connectivity index (χ1) is 9.38. The molecule has 0 heterocycles. The van der Waals surface area contributed by atoms with Crippen LogP contribution >= 0.6 is 23.2 Å². The van der Waals surface area contributed by atoms with E-state index in [-0.39, 0.29) is 39.7 Å². The Kier molecular flexibility index (Phi) is 4.52. The van der Waals surface area contributed by atoms with Gasteiger partial charge in [0.25, 0.3) is 0 Å². The fourth-order valence-corrected chi connectivity index (χ4v) is 2.51. The fourth-order valence-electron chi connectivity index (χ4n) is 1.96. The molecule has 7 heteroatoms. The molecule has 0 saturated heterocycles. The summed E-state index contributed by atoms with van der Waals surface area (Å²) in [7, 11) is 0. The number of carbonyl (C=O) groups is 2. The van der Waals surface area contributed by atoms with Gasteiger partial charge >= 0.3 is 5.97 Å². The van der Waals surface area contributed by atoms with Crippen LogP contribution in [-0.2, 0) is 4.79 Å². The second kappa shape index (κ2) is 5.99. The monoisotopic (exact) mass is 316 g/mol. The van der Waals surface area contributed by atoms with Gasteiger partial charge in [0, 0.05) is 17.5 Å². The van der Waals surface area contributed by atoms with Crippen LogP contribution in [0, 0.1) is 5.92 Å². The van der Waals surface area contributed by atoms with Gasteiger partial charge in [-0.05, 0) is 30.9 Å². The van der Waals surface area contributed by atoms with Crippen molar-refractivity contribution in [1.82, 2.24) is 0 Å². The average Bonchev–Trinajstić information content (AvgIpc) is 3.15. The molecule has 0 aromatic heterocycles. The molecule has 5 nitrogen and oxygen atoms in total. The average molecular weight is 317 g/mol. The summed E-state index contributed by atoms with van der Waals surface area (Å²) in [5.41, 5.74) is 5.77. The van der Waals surface area contributed by atoms with Crippen LogP contribution < -0.4 is 11.1 Å². The largest absolute Gasteiger partial charge is 0.478 e. The van der Waals surface area contributed by atoms with Crippen molar-refractivity contribution in [2.24, 2.45) is 11.7 Å². The predicted octanol–water partition coefficient (Wildman–Crippen LogP) is 2.76. The van der Waals surface area contributed by atoms with Crippen LogP contribution in [0.2, 0.25) is 10.0 Å². The smallest absolute Gasteiger partial charge is 0.337 e. The van der Waals surface area contributed by atoms with E-state index in [1.807, 2.05) is 0 Å². The zero-order chi connectivity index (χ0) is 14.9. The normalized spacial score (nSPS) is 15.8. The lowest BCUT2D eigenvalue weighted by Gasteiger charge is -2.13. The predicted molar refractivity (Wildman–Crippen MR) is 77.4 cm³/mol. The van der Waals surface area contributed by atoms with Gasteiger partial charge in [-0.2, -0.15) is 0 Å². The summed E-state index contributed by atoms with van der Waals surface area (Å²) in [6.45, 7) is 0. The van der Waals surface area contributed by atoms with Crippen LogP contribution in [0.15, 0.2) is 12.1 Å². The third kappa shape index (κ3) is 3.62. The summed E-state index contributed by atoms with van der Waals surface area (Å²) in [5, 5.41) is 11.9. The van der Waals surface area contributed by atoms with Crippen LogP contribution in [0.4, 0.5) is 5.69 Å². The molecule has 0 spiro atoms. The van der Waals surface area contributed by atoms with E-state index in [1.165, 1.54) is 12.1 Å². The van der Waals surface area contributed by atoms with Gasteiger partial charge in [-0.3, -0.25) is 4.79 Å². The Hall–Kier alpha value is -1.30. The maximum absolute atomic E-state index is 11.9. The van der Waals surface area contributed by atoms with Crippen LogP contribution in [-0.4, -0.2) is 23.0 Å². The van der Waals surface area contributed by atoms with Crippen LogP contribution in [0.5, 0.6) is 0 Å². The van der Waals surface area contributed by atoms with Crippen molar-refractivity contribution in [2.75, 3.05) is 5.32 Å². The van der Waals surface area contributed by atoms with Crippen LogP contribution in [0.25, 0.3) is 0 Å². The number of aromatic carboxylic acids is 1. The Morgan fingerprint density at radius 1 is 1.40 bits per heavy atom. The SMILES string of the molecule is NC(CC(=O)Nc1c(Cl)cc(Cl)cc1C(=O)O)C1CC1. The molecule has 1 amide bonds. The number of rotatable bonds is 5. The number of carboxylic acid groups (broad SMARTS) is 1. The van der Waals surface area contributed by atoms with Crippen LogP contribution in [0.3, 0.4) is 0 Å². The Labute approximate surface area is 126 Å². The van der Waals surface area contributed by atoms with E-state index in [4.69, 9.17) is 34.0 Å². The number of carbonyl (C=O) groups excluding carboxylic acids is 1. The quantitative estimate of drug-likeness (QED) is 0.778. The summed E-state index contributed by atoms with van der Waals surface area (Å²) in [6, 6.07) is 2.42. The molecule has 0 radical (unpaired) electrons. The van der Waals surface area contributed by atoms with Gasteiger partial charge in [0.2, 0.25) is 5.91 Å². The molecule has 0 aliphatic heterocycles. The molecule has 2 rings (SSSR count). The first kappa shape index (κ1) is 15.1. The Morgan fingerprint density at radius 2 is 2.05 bits per heavy atom. The minimum atomic E-state index is -1.21. The molecule has 0 bridgehead atoms. The van der Waals surface area contributed by atoms with Gasteiger partial charge in [0.15, 0.2) is 0 Å². The number of anilines is 1. The van der Waals surface area contributed by atoms with Crippen molar-refractivity contribution >= 4 is 40.8 Å². The summed E-state index contributed by atoms with van der Waals surface area (Å²) in [5.74, 6) is -1.17. The van der Waals surface area contributed by atoms with Gasteiger partial charge in [0.1, 0.15) is 0 Å². The van der Waals surface area contributed by atoms with Crippen molar-refractivity contribution in [3.8, 4) is 0 Å². The van der Waals surface area contributed by atoms with Gasteiger partial charge in [-0.25, -0.2) is 4.79 Å². The van der Waals surface area contributed by atoms with E-state index in [0.29, 0.717) is 5.92 Å². The van der Waals surface area contributed by atoms with Crippen molar-refractivity contribution in [3.05, 3.63) is 27.7 Å². The molecular formula is C13H14Cl2N2O3. The molecule has 20 heavy (non-hydrogen) atoms. The standard InChI is InChI=1S/C13H14Cl2N2O3/c14-7-3-8(13(19)20)12(9(15)4-7)17-11(18)5-10(16)6-1-2-6/h3-4,6,10H,1-2,5,16H2,(H,17,18)(H,19,20). The Morgan fingerprint density at radius 3 is 2.60 bits per heavy atom. The van der Waals surface area contributed by atoms with E-state index in [9.17, 15) is 9.59 Å². The van der Waals surface area contributed by atoms with Crippen molar-refractivity contribution in [3.63, 3.8) is 0 Å². The van der Waals surface area contributed by atoms with E-state index in [1.54, 1.807) is 0 Å². The molecular weight excluding hydrogens is 303 g/mol. The highest BCUT2D eigenvalue weighted by atomic mass is 35.5. The summed E-state index contributed by atoms with van der Waals surface area (Å²) in [6.07, 6.45) is 2.22. The third-order valence-corrected chi connectivity index (χ3v) is 3.71. The Bertz CT molecular complexity index is 559. The summed E-state index contributed by atoms with van der Waals surface area (Å²) < 4.78 is 0. The van der Waals surface area contributed by atoms with Gasteiger partial charge in [-0.1, -0.05) is 23.2 Å². The number of halogens is 2. The lowest BCUT2D eigenvalue weighted by molar-refractivity contribution is -0.116. The van der Waals surface area contributed by atoms with Crippen molar-refractivity contribution in [2.45, 2.75) is 25.3 Å². The van der Waals surface area contributed by atoms with Gasteiger partial charge in [0.05, 0.1) is 16.3 Å². The fraction of sp³-hybridized carbons (Fsp3) is 0.385. The minimum absolute atomic E-state index is 0.0524. The number of amides is 1. The highest BCUT2D eigenvalue weighted by Gasteiger charge is 2.30. The van der Waals surface area contributed by atoms with Gasteiger partial charge < -0.3 is 16.2 Å². The number of hydrogen-bond donors (Lipinski definition) is 3. The molecule has 4 N–H and O–H groups in total. The number of hydrogen-bond acceptors (Lipinski definition) is 3. The summed E-state index contributed by atoms with van der Waals surface area (Å²) in [4.78, 5) is 23.0. The zero-order valence-electron chi connectivity index (χ0n) is 10.5. The van der Waals surface area contributed by atoms with Crippen molar-refractivity contribution < 1.29 is 14.7 Å². The molecule has 108 valence electrons. The zero-order valence-corrected chi connectivity index (χ0v) is 12.0. The molecule has 1 unspecified atom stereocenters. The molecule has 1 aliphatic rings. The van der Waals surface area contributed by atoms with Crippen molar-refractivity contribution in [1.29, 1.82) is 0 Å². The second-order valence-corrected chi connectivity index (χ2v) is 5.71. The number of benzene rings is 1. The highest BCUT2D eigenvalue weighted by molar-refractivity contribution is 6.37. The highest BCUT2D eigenvalue weighted by Crippen LogP contribution is 2.34. The lowest BCUT2D eigenvalue weighted by atomic mass is 10.1. The number of nitrogens with two attached hydrogens (primary N) is 1.